The topological polar surface area (TPSA) is 20.2 Å². The fraction of sp³-hybridized carbons (Fsp3) is 0.0435. The number of benzene rings is 4. The molecule has 0 unspecified atom stereocenters. The highest BCUT2D eigenvalue weighted by molar-refractivity contribution is 9.10. The van der Waals surface area contributed by atoms with E-state index in [-0.39, 0.29) is 5.92 Å². The minimum Gasteiger partial charge on any atom is -0.508 e. The summed E-state index contributed by atoms with van der Waals surface area (Å²) < 4.78 is 1.01. The van der Waals surface area contributed by atoms with Gasteiger partial charge in [0.15, 0.2) is 0 Å². The zero-order chi connectivity index (χ0) is 17.2. The van der Waals surface area contributed by atoms with Gasteiger partial charge in [0.05, 0.1) is 0 Å². The van der Waals surface area contributed by atoms with E-state index in [0.717, 1.165) is 31.9 Å². The Morgan fingerprint density at radius 2 is 1.24 bits per heavy atom. The molecule has 0 saturated carbocycles. The number of rotatable bonds is 3. The molecule has 4 rings (SSSR count). The number of hydrogen-bond acceptors (Lipinski definition) is 1. The van der Waals surface area contributed by atoms with Gasteiger partial charge in [-0.3, -0.25) is 0 Å². The molecule has 0 bridgehead atoms. The lowest BCUT2D eigenvalue weighted by molar-refractivity contribution is 0.468. The lowest BCUT2D eigenvalue weighted by atomic mass is 9.82. The summed E-state index contributed by atoms with van der Waals surface area (Å²) in [6, 6.07) is 30.7. The molecule has 0 spiro atoms. The molecule has 0 aliphatic carbocycles. The molecule has 4 aromatic rings. The third-order valence-electron chi connectivity index (χ3n) is 4.56. The Morgan fingerprint density at radius 1 is 0.680 bits per heavy atom. The second-order valence-corrected chi connectivity index (χ2v) is 7.03. The van der Waals surface area contributed by atoms with Crippen LogP contribution in [-0.2, 0) is 0 Å². The van der Waals surface area contributed by atoms with Crippen molar-refractivity contribution in [2.45, 2.75) is 5.92 Å². The van der Waals surface area contributed by atoms with Gasteiger partial charge in [0.2, 0.25) is 0 Å². The van der Waals surface area contributed by atoms with Gasteiger partial charge in [-0.1, -0.05) is 88.7 Å². The molecule has 25 heavy (non-hydrogen) atoms. The third kappa shape index (κ3) is 3.06. The van der Waals surface area contributed by atoms with Gasteiger partial charge in [0.1, 0.15) is 5.75 Å². The van der Waals surface area contributed by atoms with Gasteiger partial charge in [-0.25, -0.2) is 0 Å². The maximum Gasteiger partial charge on any atom is 0.120 e. The van der Waals surface area contributed by atoms with Crippen LogP contribution in [0.5, 0.6) is 5.75 Å². The molecule has 0 aliphatic heterocycles. The minimum atomic E-state index is -0.0274. The highest BCUT2D eigenvalue weighted by Gasteiger charge is 2.22. The first-order valence-electron chi connectivity index (χ1n) is 8.25. The molecule has 4 aromatic carbocycles. The Labute approximate surface area is 155 Å². The maximum atomic E-state index is 10.8. The molecular weight excluding hydrogens is 372 g/mol. The van der Waals surface area contributed by atoms with Crippen LogP contribution >= 0.6 is 15.9 Å². The summed E-state index contributed by atoms with van der Waals surface area (Å²) in [5.41, 5.74) is 3.27. The molecule has 0 heterocycles. The summed E-state index contributed by atoms with van der Waals surface area (Å²) in [6.45, 7) is 0. The predicted octanol–water partition coefficient (Wildman–Crippen LogP) is 6.49. The molecule has 2 heteroatoms. The van der Waals surface area contributed by atoms with Crippen molar-refractivity contribution in [2.24, 2.45) is 0 Å². The first-order valence-corrected chi connectivity index (χ1v) is 9.04. The van der Waals surface area contributed by atoms with E-state index in [9.17, 15) is 5.11 Å². The normalized spacial score (nSPS) is 11.1. The van der Waals surface area contributed by atoms with E-state index >= 15 is 0 Å². The highest BCUT2D eigenvalue weighted by atomic mass is 79.9. The maximum absolute atomic E-state index is 10.8. The molecule has 0 saturated heterocycles. The van der Waals surface area contributed by atoms with Gasteiger partial charge in [0, 0.05) is 16.0 Å². The largest absolute Gasteiger partial charge is 0.508 e. The average molecular weight is 389 g/mol. The highest BCUT2D eigenvalue weighted by Crippen LogP contribution is 2.41. The predicted molar refractivity (Wildman–Crippen MR) is 107 cm³/mol. The molecule has 0 atom stereocenters. The van der Waals surface area contributed by atoms with Crippen molar-refractivity contribution in [1.82, 2.24) is 0 Å². The first-order chi connectivity index (χ1) is 12.2. The van der Waals surface area contributed by atoms with Crippen LogP contribution in [0.15, 0.2) is 95.5 Å². The summed E-state index contributed by atoms with van der Waals surface area (Å²) >= 11 is 3.57. The number of halogens is 1. The van der Waals surface area contributed by atoms with Crippen molar-refractivity contribution in [3.05, 3.63) is 112 Å². The van der Waals surface area contributed by atoms with Crippen LogP contribution < -0.4 is 0 Å². The molecule has 0 aromatic heterocycles. The second-order valence-electron chi connectivity index (χ2n) is 6.12. The smallest absolute Gasteiger partial charge is 0.120 e. The van der Waals surface area contributed by atoms with Crippen LogP contribution in [0.1, 0.15) is 22.6 Å². The zero-order valence-corrected chi connectivity index (χ0v) is 15.1. The Bertz CT molecular complexity index is 965. The van der Waals surface area contributed by atoms with Crippen molar-refractivity contribution < 1.29 is 5.11 Å². The lowest BCUT2D eigenvalue weighted by Gasteiger charge is -2.22. The van der Waals surface area contributed by atoms with Crippen LogP contribution in [0.4, 0.5) is 0 Å². The second kappa shape index (κ2) is 6.73. The first kappa shape index (κ1) is 15.9. The Morgan fingerprint density at radius 3 is 1.84 bits per heavy atom. The fourth-order valence-corrected chi connectivity index (χ4v) is 3.78. The number of aromatic hydroxyl groups is 1. The summed E-state index contributed by atoms with van der Waals surface area (Å²) in [5, 5.41) is 13.0. The molecule has 0 amide bonds. The number of hydrogen-bond donors (Lipinski definition) is 1. The van der Waals surface area contributed by atoms with Crippen molar-refractivity contribution in [2.75, 3.05) is 0 Å². The SMILES string of the molecule is Oc1ccc2ccc(Br)cc2c1C(c1ccccc1)c1ccccc1. The van der Waals surface area contributed by atoms with E-state index < -0.39 is 0 Å². The van der Waals surface area contributed by atoms with E-state index in [4.69, 9.17) is 0 Å². The van der Waals surface area contributed by atoms with Gasteiger partial charge in [-0.05, 0) is 40.1 Å². The van der Waals surface area contributed by atoms with Crippen molar-refractivity contribution in [1.29, 1.82) is 0 Å². The lowest BCUT2D eigenvalue weighted by Crippen LogP contribution is -2.04. The zero-order valence-electron chi connectivity index (χ0n) is 13.6. The molecule has 1 N–H and O–H groups in total. The third-order valence-corrected chi connectivity index (χ3v) is 5.05. The summed E-state index contributed by atoms with van der Waals surface area (Å²) in [6.07, 6.45) is 0. The van der Waals surface area contributed by atoms with Crippen LogP contribution in [0, 0.1) is 0 Å². The Balaban J connectivity index is 2.05. The number of phenols is 1. The standard InChI is InChI=1S/C23H17BrO/c24-19-13-11-16-12-14-21(25)23(20(16)15-19)22(17-7-3-1-4-8-17)18-9-5-2-6-10-18/h1-15,22,25H. The molecule has 122 valence electrons. The molecular formula is C23H17BrO. The number of fused-ring (bicyclic) bond motifs is 1. The molecule has 0 aliphatic rings. The van der Waals surface area contributed by atoms with Crippen LogP contribution in [0.2, 0.25) is 0 Å². The summed E-state index contributed by atoms with van der Waals surface area (Å²) in [4.78, 5) is 0. The van der Waals surface area contributed by atoms with E-state index in [0.29, 0.717) is 5.75 Å². The van der Waals surface area contributed by atoms with Gasteiger partial charge in [0.25, 0.3) is 0 Å². The van der Waals surface area contributed by atoms with E-state index in [2.05, 4.69) is 52.3 Å². The molecule has 0 radical (unpaired) electrons. The van der Waals surface area contributed by atoms with Crippen molar-refractivity contribution in [3.8, 4) is 5.75 Å². The van der Waals surface area contributed by atoms with Gasteiger partial charge >= 0.3 is 0 Å². The van der Waals surface area contributed by atoms with Crippen LogP contribution in [-0.4, -0.2) is 5.11 Å². The average Bonchev–Trinajstić information content (AvgIpc) is 2.66. The van der Waals surface area contributed by atoms with Gasteiger partial charge in [-0.15, -0.1) is 0 Å². The Hall–Kier alpha value is -2.58. The summed E-state index contributed by atoms with van der Waals surface area (Å²) in [7, 11) is 0. The number of phenolic OH excluding ortho intramolecular Hbond substituents is 1. The molecule has 0 fully saturated rings. The molecule has 1 nitrogen and oxygen atoms in total. The van der Waals surface area contributed by atoms with Gasteiger partial charge in [-0.2, -0.15) is 0 Å². The van der Waals surface area contributed by atoms with E-state index in [1.165, 1.54) is 0 Å². The van der Waals surface area contributed by atoms with E-state index in [1.807, 2.05) is 48.5 Å². The van der Waals surface area contributed by atoms with Gasteiger partial charge < -0.3 is 5.11 Å². The quantitative estimate of drug-likeness (QED) is 0.397. The Kier molecular flexibility index (Phi) is 4.29. The van der Waals surface area contributed by atoms with Crippen LogP contribution in [0.25, 0.3) is 10.8 Å². The van der Waals surface area contributed by atoms with E-state index in [1.54, 1.807) is 6.07 Å². The monoisotopic (exact) mass is 388 g/mol. The minimum absolute atomic E-state index is 0.0274. The van der Waals surface area contributed by atoms with Crippen molar-refractivity contribution in [3.63, 3.8) is 0 Å². The van der Waals surface area contributed by atoms with Crippen LogP contribution in [0.3, 0.4) is 0 Å². The fourth-order valence-electron chi connectivity index (χ4n) is 3.42. The summed E-state index contributed by atoms with van der Waals surface area (Å²) in [5.74, 6) is 0.295. The van der Waals surface area contributed by atoms with Crippen molar-refractivity contribution >= 4 is 26.7 Å².